The number of rotatable bonds is 5. The summed E-state index contributed by atoms with van der Waals surface area (Å²) in [5, 5.41) is 11.8. The molecule has 0 amide bonds. The number of benzene rings is 2. The molecular weight excluding hydrogens is 257 g/mol. The zero-order chi connectivity index (χ0) is 14.5. The van der Waals surface area contributed by atoms with Crippen LogP contribution in [0.2, 0.25) is 0 Å². The van der Waals surface area contributed by atoms with Crippen LogP contribution in [0, 0.1) is 5.82 Å². The molecule has 2 aromatic carbocycles. The molecule has 0 fully saturated rings. The van der Waals surface area contributed by atoms with E-state index < -0.39 is 11.8 Å². The van der Waals surface area contributed by atoms with Crippen LogP contribution in [0.3, 0.4) is 0 Å². The molecule has 0 aliphatic rings. The summed E-state index contributed by atoms with van der Waals surface area (Å²) < 4.78 is 13.9. The number of hydrogen-bond donors (Lipinski definition) is 2. The third-order valence-corrected chi connectivity index (χ3v) is 3.06. The van der Waals surface area contributed by atoms with Crippen LogP contribution in [-0.4, -0.2) is 11.1 Å². The van der Waals surface area contributed by atoms with Crippen LogP contribution >= 0.6 is 0 Å². The Balaban J connectivity index is 2.12. The first-order chi connectivity index (χ1) is 9.56. The molecule has 0 saturated heterocycles. The second kappa shape index (κ2) is 6.19. The lowest BCUT2D eigenvalue weighted by Crippen LogP contribution is -2.08. The van der Waals surface area contributed by atoms with E-state index in [-0.39, 0.29) is 12.5 Å². The van der Waals surface area contributed by atoms with Crippen molar-refractivity contribution in [1.29, 1.82) is 0 Å². The van der Waals surface area contributed by atoms with Gasteiger partial charge in [-0.1, -0.05) is 36.4 Å². The van der Waals surface area contributed by atoms with E-state index in [1.165, 1.54) is 6.07 Å². The smallest absolute Gasteiger partial charge is 0.307 e. The van der Waals surface area contributed by atoms with Crippen molar-refractivity contribution in [2.24, 2.45) is 0 Å². The zero-order valence-corrected chi connectivity index (χ0v) is 11.1. The summed E-state index contributed by atoms with van der Waals surface area (Å²) in [5.74, 6) is -1.41. The Labute approximate surface area is 117 Å². The van der Waals surface area contributed by atoms with E-state index >= 15 is 0 Å². The third kappa shape index (κ3) is 3.57. The van der Waals surface area contributed by atoms with Gasteiger partial charge in [-0.2, -0.15) is 0 Å². The molecule has 0 saturated carbocycles. The molecule has 2 rings (SSSR count). The SMILES string of the molecule is CC(Nc1ccc(CC(=O)O)cc1F)c1ccccc1. The Bertz CT molecular complexity index is 599. The monoisotopic (exact) mass is 273 g/mol. The topological polar surface area (TPSA) is 49.3 Å². The predicted octanol–water partition coefficient (Wildman–Crippen LogP) is 3.63. The lowest BCUT2D eigenvalue weighted by atomic mass is 10.1. The van der Waals surface area contributed by atoms with Crippen LogP contribution in [0.1, 0.15) is 24.1 Å². The summed E-state index contributed by atoms with van der Waals surface area (Å²) in [7, 11) is 0. The van der Waals surface area contributed by atoms with Crippen molar-refractivity contribution in [2.45, 2.75) is 19.4 Å². The molecule has 0 aliphatic carbocycles. The molecule has 2 aromatic rings. The fourth-order valence-electron chi connectivity index (χ4n) is 2.02. The zero-order valence-electron chi connectivity index (χ0n) is 11.1. The molecule has 0 heterocycles. The molecule has 0 bridgehead atoms. The Morgan fingerprint density at radius 3 is 2.55 bits per heavy atom. The predicted molar refractivity (Wildman–Crippen MR) is 76.2 cm³/mol. The minimum atomic E-state index is -0.970. The van der Waals surface area contributed by atoms with Gasteiger partial charge >= 0.3 is 5.97 Å². The molecule has 2 N–H and O–H groups in total. The minimum Gasteiger partial charge on any atom is -0.481 e. The molecule has 0 radical (unpaired) electrons. The summed E-state index contributed by atoms with van der Waals surface area (Å²) in [5.41, 5.74) is 1.88. The maximum atomic E-state index is 13.9. The lowest BCUT2D eigenvalue weighted by Gasteiger charge is -2.16. The van der Waals surface area contributed by atoms with Crippen molar-refractivity contribution in [3.05, 3.63) is 65.5 Å². The van der Waals surface area contributed by atoms with Crippen molar-refractivity contribution < 1.29 is 14.3 Å². The molecular formula is C16H16FNO2. The van der Waals surface area contributed by atoms with E-state index in [4.69, 9.17) is 5.11 Å². The number of nitrogens with one attached hydrogen (secondary N) is 1. The number of anilines is 1. The van der Waals surface area contributed by atoms with Gasteiger partial charge in [-0.15, -0.1) is 0 Å². The molecule has 104 valence electrons. The van der Waals surface area contributed by atoms with Gasteiger partial charge in [-0.3, -0.25) is 4.79 Å². The van der Waals surface area contributed by atoms with E-state index in [1.54, 1.807) is 12.1 Å². The minimum absolute atomic E-state index is 0.0315. The first-order valence-corrected chi connectivity index (χ1v) is 6.38. The summed E-state index contributed by atoms with van der Waals surface area (Å²) >= 11 is 0. The first-order valence-electron chi connectivity index (χ1n) is 6.38. The highest BCUT2D eigenvalue weighted by atomic mass is 19.1. The van der Waals surface area contributed by atoms with Crippen LogP contribution in [0.25, 0.3) is 0 Å². The largest absolute Gasteiger partial charge is 0.481 e. The normalized spacial score (nSPS) is 11.9. The molecule has 4 heteroatoms. The van der Waals surface area contributed by atoms with Crippen LogP contribution in [-0.2, 0) is 11.2 Å². The van der Waals surface area contributed by atoms with Gasteiger partial charge in [0.2, 0.25) is 0 Å². The number of carbonyl (C=O) groups is 1. The van der Waals surface area contributed by atoms with Gasteiger partial charge in [0.15, 0.2) is 0 Å². The van der Waals surface area contributed by atoms with E-state index in [0.29, 0.717) is 11.3 Å². The van der Waals surface area contributed by atoms with Crippen molar-refractivity contribution in [2.75, 3.05) is 5.32 Å². The van der Waals surface area contributed by atoms with E-state index in [0.717, 1.165) is 5.56 Å². The number of hydrogen-bond acceptors (Lipinski definition) is 2. The number of aliphatic carboxylic acids is 1. The van der Waals surface area contributed by atoms with Crippen LogP contribution in [0.4, 0.5) is 10.1 Å². The van der Waals surface area contributed by atoms with Crippen molar-refractivity contribution >= 4 is 11.7 Å². The van der Waals surface area contributed by atoms with Gasteiger partial charge in [-0.25, -0.2) is 4.39 Å². The van der Waals surface area contributed by atoms with Gasteiger partial charge in [0.25, 0.3) is 0 Å². The summed E-state index contributed by atoms with van der Waals surface area (Å²) in [6.07, 6.45) is -0.175. The quantitative estimate of drug-likeness (QED) is 0.874. The van der Waals surface area contributed by atoms with Gasteiger partial charge in [0.05, 0.1) is 12.1 Å². The van der Waals surface area contributed by atoms with Crippen LogP contribution < -0.4 is 5.32 Å². The fourth-order valence-corrected chi connectivity index (χ4v) is 2.02. The molecule has 0 aromatic heterocycles. The average molecular weight is 273 g/mol. The third-order valence-electron chi connectivity index (χ3n) is 3.06. The van der Waals surface area contributed by atoms with E-state index in [9.17, 15) is 9.18 Å². The number of halogens is 1. The highest BCUT2D eigenvalue weighted by Gasteiger charge is 2.10. The van der Waals surface area contributed by atoms with E-state index in [2.05, 4.69) is 5.32 Å². The number of carboxylic acids is 1. The number of carboxylic acid groups (broad SMARTS) is 1. The Morgan fingerprint density at radius 1 is 1.25 bits per heavy atom. The maximum absolute atomic E-state index is 13.9. The van der Waals surface area contributed by atoms with Gasteiger partial charge in [0, 0.05) is 6.04 Å². The second-order valence-electron chi connectivity index (χ2n) is 4.66. The Hall–Kier alpha value is -2.36. The highest BCUT2D eigenvalue weighted by Crippen LogP contribution is 2.22. The average Bonchev–Trinajstić information content (AvgIpc) is 2.42. The highest BCUT2D eigenvalue weighted by molar-refractivity contribution is 5.70. The molecule has 1 unspecified atom stereocenters. The van der Waals surface area contributed by atoms with Gasteiger partial charge in [-0.05, 0) is 30.2 Å². The molecule has 20 heavy (non-hydrogen) atoms. The Kier molecular flexibility index (Phi) is 4.35. The van der Waals surface area contributed by atoms with E-state index in [1.807, 2.05) is 37.3 Å². The summed E-state index contributed by atoms with van der Waals surface area (Å²) in [6, 6.07) is 14.1. The molecule has 3 nitrogen and oxygen atoms in total. The molecule has 1 atom stereocenters. The van der Waals surface area contributed by atoms with Crippen molar-refractivity contribution in [3.8, 4) is 0 Å². The van der Waals surface area contributed by atoms with Crippen molar-refractivity contribution in [1.82, 2.24) is 0 Å². The van der Waals surface area contributed by atoms with Crippen LogP contribution in [0.5, 0.6) is 0 Å². The standard InChI is InChI=1S/C16H16FNO2/c1-11(13-5-3-2-4-6-13)18-15-8-7-12(9-14(15)17)10-16(19)20/h2-9,11,18H,10H2,1H3,(H,19,20). The molecule has 0 spiro atoms. The van der Waals surface area contributed by atoms with Crippen molar-refractivity contribution in [3.63, 3.8) is 0 Å². The second-order valence-corrected chi connectivity index (χ2v) is 4.66. The van der Waals surface area contributed by atoms with Gasteiger partial charge in [0.1, 0.15) is 5.82 Å². The summed E-state index contributed by atoms with van der Waals surface area (Å²) in [6.45, 7) is 1.94. The fraction of sp³-hybridized carbons (Fsp3) is 0.188. The lowest BCUT2D eigenvalue weighted by molar-refractivity contribution is -0.136. The van der Waals surface area contributed by atoms with Crippen LogP contribution in [0.15, 0.2) is 48.5 Å². The van der Waals surface area contributed by atoms with Gasteiger partial charge < -0.3 is 10.4 Å². The summed E-state index contributed by atoms with van der Waals surface area (Å²) in [4.78, 5) is 10.6. The maximum Gasteiger partial charge on any atom is 0.307 e. The Morgan fingerprint density at radius 2 is 1.95 bits per heavy atom. The molecule has 0 aliphatic heterocycles. The first kappa shape index (κ1) is 14.1.